The molecule has 0 aliphatic carbocycles. The Morgan fingerprint density at radius 3 is 2.54 bits per heavy atom. The molecule has 0 unspecified atom stereocenters. The number of hydrogen-bond acceptors (Lipinski definition) is 10. The van der Waals surface area contributed by atoms with E-state index in [9.17, 15) is 24.9 Å². The number of rotatable bonds is 8. The van der Waals surface area contributed by atoms with Gasteiger partial charge in [0.1, 0.15) is 29.9 Å². The number of amides is 2. The maximum atomic E-state index is 12.1. The van der Waals surface area contributed by atoms with Crippen LogP contribution in [0.2, 0.25) is 0 Å². The lowest BCUT2D eigenvalue weighted by atomic mass is 10.1. The topological polar surface area (TPSA) is 203 Å². The number of hydrogen-bond donors (Lipinski definition) is 6. The van der Waals surface area contributed by atoms with Gasteiger partial charge in [-0.15, -0.1) is 0 Å². The van der Waals surface area contributed by atoms with E-state index in [1.807, 2.05) is 0 Å². The van der Waals surface area contributed by atoms with Crippen LogP contribution >= 0.6 is 0 Å². The Bertz CT molecular complexity index is 1060. The molecule has 4 atom stereocenters. The van der Waals surface area contributed by atoms with Gasteiger partial charge < -0.3 is 40.6 Å². The van der Waals surface area contributed by atoms with E-state index in [2.05, 4.69) is 20.6 Å². The lowest BCUT2D eigenvalue weighted by molar-refractivity contribution is -0.0518. The first kappa shape index (κ1) is 25.9. The van der Waals surface area contributed by atoms with Crippen molar-refractivity contribution in [2.75, 3.05) is 25.6 Å². The summed E-state index contributed by atoms with van der Waals surface area (Å²) in [5.41, 5.74) is 5.98. The summed E-state index contributed by atoms with van der Waals surface area (Å²) < 4.78 is 16.8. The van der Waals surface area contributed by atoms with E-state index in [-0.39, 0.29) is 30.6 Å². The molecular formula is C21H28N6O8. The highest BCUT2D eigenvalue weighted by Gasteiger charge is 2.44. The van der Waals surface area contributed by atoms with Gasteiger partial charge in [0.2, 0.25) is 5.96 Å². The van der Waals surface area contributed by atoms with Crippen molar-refractivity contribution in [1.82, 2.24) is 14.9 Å². The third kappa shape index (κ3) is 6.05. The SMILES string of the molecule is CCOC(=O)NC(=NCc1ccc(OC)cc1)Nc1c(C(N)=O)ncn1[C@@H]1O[C@H](CO)[C@@H](O)[C@H]1O. The first-order chi connectivity index (χ1) is 16.8. The van der Waals surface area contributed by atoms with Crippen LogP contribution in [-0.4, -0.2) is 81.5 Å². The minimum atomic E-state index is -1.46. The maximum absolute atomic E-state index is 12.1. The van der Waals surface area contributed by atoms with Crippen molar-refractivity contribution in [3.8, 4) is 5.75 Å². The number of nitrogens with zero attached hydrogens (tertiary/aromatic N) is 3. The molecule has 0 bridgehead atoms. The van der Waals surface area contributed by atoms with Crippen LogP contribution in [0.5, 0.6) is 5.75 Å². The molecule has 0 spiro atoms. The van der Waals surface area contributed by atoms with Crippen molar-refractivity contribution in [1.29, 1.82) is 0 Å². The highest BCUT2D eigenvalue weighted by molar-refractivity contribution is 6.05. The Hall–Kier alpha value is -3.72. The number of primary amides is 1. The largest absolute Gasteiger partial charge is 0.497 e. The number of nitrogens with one attached hydrogen (secondary N) is 2. The van der Waals surface area contributed by atoms with Crippen LogP contribution in [0.3, 0.4) is 0 Å². The number of guanidine groups is 1. The van der Waals surface area contributed by atoms with Gasteiger partial charge in [0, 0.05) is 0 Å². The van der Waals surface area contributed by atoms with Gasteiger partial charge in [-0.3, -0.25) is 14.7 Å². The third-order valence-electron chi connectivity index (χ3n) is 5.13. The Labute approximate surface area is 200 Å². The number of aromatic nitrogens is 2. The van der Waals surface area contributed by atoms with Crippen LogP contribution in [0.1, 0.15) is 29.2 Å². The van der Waals surface area contributed by atoms with Gasteiger partial charge in [-0.1, -0.05) is 12.1 Å². The zero-order chi connectivity index (χ0) is 25.5. The highest BCUT2D eigenvalue weighted by atomic mass is 16.6. The predicted octanol–water partition coefficient (Wildman–Crippen LogP) is -0.684. The summed E-state index contributed by atoms with van der Waals surface area (Å²) in [7, 11) is 1.55. The average molecular weight is 492 g/mol. The molecule has 35 heavy (non-hydrogen) atoms. The molecule has 1 fully saturated rings. The Kier molecular flexibility index (Phi) is 8.59. The van der Waals surface area contributed by atoms with Crippen LogP contribution < -0.4 is 21.1 Å². The molecule has 0 saturated carbocycles. The second-order valence-corrected chi connectivity index (χ2v) is 7.43. The quantitative estimate of drug-likeness (QED) is 0.202. The number of aliphatic hydroxyl groups is 3. The van der Waals surface area contributed by atoms with E-state index in [0.29, 0.717) is 5.75 Å². The van der Waals surface area contributed by atoms with E-state index in [0.717, 1.165) is 11.9 Å². The molecule has 190 valence electrons. The number of alkyl carbamates (subject to hydrolysis) is 1. The second kappa shape index (κ2) is 11.6. The summed E-state index contributed by atoms with van der Waals surface area (Å²) in [6.07, 6.45) is -4.79. The smallest absolute Gasteiger partial charge is 0.413 e. The van der Waals surface area contributed by atoms with Crippen molar-refractivity contribution < 1.29 is 39.1 Å². The normalized spacial score (nSPS) is 22.0. The third-order valence-corrected chi connectivity index (χ3v) is 5.13. The number of benzene rings is 1. The Morgan fingerprint density at radius 2 is 1.97 bits per heavy atom. The Balaban J connectivity index is 1.93. The first-order valence-corrected chi connectivity index (χ1v) is 10.7. The van der Waals surface area contributed by atoms with E-state index >= 15 is 0 Å². The van der Waals surface area contributed by atoms with E-state index in [1.165, 1.54) is 4.57 Å². The fourth-order valence-electron chi connectivity index (χ4n) is 3.36. The minimum Gasteiger partial charge on any atom is -0.497 e. The number of methoxy groups -OCH3 is 1. The number of carbonyl (C=O) groups excluding carboxylic acids is 2. The number of aliphatic hydroxyl groups excluding tert-OH is 3. The monoisotopic (exact) mass is 492 g/mol. The van der Waals surface area contributed by atoms with Crippen molar-refractivity contribution in [2.24, 2.45) is 10.7 Å². The highest BCUT2D eigenvalue weighted by Crippen LogP contribution is 2.32. The average Bonchev–Trinajstić information content (AvgIpc) is 3.38. The standard InChI is InChI=1S/C21H28N6O8/c1-3-34-21(32)26-20(23-8-11-4-6-12(33-2)7-5-11)25-18-14(17(22)31)24-10-27(18)19-16(30)15(29)13(9-28)35-19/h4-7,10,13,15-16,19,28-30H,3,8-9H2,1-2H3,(H2,22,31)(H2,23,25,26,32)/t13-,15-,16-,19-/m1/s1. The number of aliphatic imine (C=N–C) groups is 1. The molecule has 1 aliphatic heterocycles. The number of nitrogens with two attached hydrogens (primary N) is 1. The molecular weight excluding hydrogens is 464 g/mol. The lowest BCUT2D eigenvalue weighted by Gasteiger charge is -2.20. The van der Waals surface area contributed by atoms with Crippen molar-refractivity contribution in [2.45, 2.75) is 38.0 Å². The van der Waals surface area contributed by atoms with E-state index in [1.54, 1.807) is 38.3 Å². The number of imidazole rings is 1. The molecule has 2 aromatic rings. The van der Waals surface area contributed by atoms with Gasteiger partial charge in [0.05, 0.1) is 33.2 Å². The first-order valence-electron chi connectivity index (χ1n) is 10.7. The van der Waals surface area contributed by atoms with Crippen LogP contribution in [-0.2, 0) is 16.0 Å². The van der Waals surface area contributed by atoms with E-state index < -0.39 is 43.1 Å². The molecule has 7 N–H and O–H groups in total. The van der Waals surface area contributed by atoms with Crippen LogP contribution in [0, 0.1) is 0 Å². The van der Waals surface area contributed by atoms with Crippen LogP contribution in [0.4, 0.5) is 10.6 Å². The molecule has 2 amide bonds. The fourth-order valence-corrected chi connectivity index (χ4v) is 3.36. The van der Waals surface area contributed by atoms with Gasteiger partial charge in [0.25, 0.3) is 5.91 Å². The zero-order valence-electron chi connectivity index (χ0n) is 19.1. The lowest BCUT2D eigenvalue weighted by Crippen LogP contribution is -2.38. The number of ether oxygens (including phenoxy) is 3. The predicted molar refractivity (Wildman–Crippen MR) is 122 cm³/mol. The molecule has 14 heteroatoms. The van der Waals surface area contributed by atoms with Crippen LogP contribution in [0.15, 0.2) is 35.6 Å². The second-order valence-electron chi connectivity index (χ2n) is 7.43. The summed E-state index contributed by atoms with van der Waals surface area (Å²) in [5, 5.41) is 35.1. The van der Waals surface area contributed by atoms with Gasteiger partial charge in [-0.05, 0) is 24.6 Å². The fraction of sp³-hybridized carbons (Fsp3) is 0.429. The summed E-state index contributed by atoms with van der Waals surface area (Å²) in [5.74, 6) is -0.439. The maximum Gasteiger partial charge on any atom is 0.413 e. The van der Waals surface area contributed by atoms with Gasteiger partial charge >= 0.3 is 6.09 Å². The van der Waals surface area contributed by atoms with Crippen LogP contribution in [0.25, 0.3) is 0 Å². The van der Waals surface area contributed by atoms with Crippen molar-refractivity contribution in [3.05, 3.63) is 41.9 Å². The number of carbonyl (C=O) groups is 2. The van der Waals surface area contributed by atoms with Crippen molar-refractivity contribution >= 4 is 23.8 Å². The van der Waals surface area contributed by atoms with E-state index in [4.69, 9.17) is 19.9 Å². The summed E-state index contributed by atoms with van der Waals surface area (Å²) in [4.78, 5) is 32.4. The molecule has 1 saturated heterocycles. The van der Waals surface area contributed by atoms with Gasteiger partial charge in [-0.25, -0.2) is 14.8 Å². The number of anilines is 1. The van der Waals surface area contributed by atoms with Crippen molar-refractivity contribution in [3.63, 3.8) is 0 Å². The Morgan fingerprint density at radius 1 is 1.26 bits per heavy atom. The molecule has 2 heterocycles. The van der Waals surface area contributed by atoms with Gasteiger partial charge in [0.15, 0.2) is 11.9 Å². The van der Waals surface area contributed by atoms with Gasteiger partial charge in [-0.2, -0.15) is 0 Å². The molecule has 14 nitrogen and oxygen atoms in total. The summed E-state index contributed by atoms with van der Waals surface area (Å²) >= 11 is 0. The molecule has 3 rings (SSSR count). The molecule has 1 aliphatic rings. The molecule has 1 aromatic carbocycles. The zero-order valence-corrected chi connectivity index (χ0v) is 19.1. The summed E-state index contributed by atoms with van der Waals surface area (Å²) in [6, 6.07) is 7.06. The minimum absolute atomic E-state index is 0.0716. The molecule has 0 radical (unpaired) electrons. The molecule has 1 aromatic heterocycles. The summed E-state index contributed by atoms with van der Waals surface area (Å²) in [6.45, 7) is 1.30.